The lowest BCUT2D eigenvalue weighted by molar-refractivity contribution is -0.120. The van der Waals surface area contributed by atoms with Crippen LogP contribution in [0.5, 0.6) is 11.5 Å². The fraction of sp³-hybridized carbons (Fsp3) is 0.375. The van der Waals surface area contributed by atoms with Crippen LogP contribution in [0.4, 0.5) is 0 Å². The number of methoxy groups -OCH3 is 1. The van der Waals surface area contributed by atoms with E-state index in [1.54, 1.807) is 24.3 Å². The molecule has 0 aliphatic carbocycles. The summed E-state index contributed by atoms with van der Waals surface area (Å²) >= 11 is 0. The molecule has 2 amide bonds. The van der Waals surface area contributed by atoms with Crippen molar-refractivity contribution in [3.05, 3.63) is 29.8 Å². The number of nitrogens with one attached hydrogen (secondary N) is 1. The van der Waals surface area contributed by atoms with Crippen LogP contribution < -0.4 is 20.5 Å². The summed E-state index contributed by atoms with van der Waals surface area (Å²) in [6, 6.07) is 5.26. The van der Waals surface area contributed by atoms with Gasteiger partial charge in [-0.15, -0.1) is 0 Å². The van der Waals surface area contributed by atoms with Crippen molar-refractivity contribution in [2.45, 2.75) is 26.3 Å². The monoisotopic (exact) mass is 306 g/mol. The SMILES string of the molecule is CCC(C)NC(=O)/C=C/c1ccc(OCC(N)=O)c(OC)c1. The van der Waals surface area contributed by atoms with Crippen molar-refractivity contribution in [1.29, 1.82) is 0 Å². The van der Waals surface area contributed by atoms with Crippen LogP contribution in [0, 0.1) is 0 Å². The minimum Gasteiger partial charge on any atom is -0.493 e. The first kappa shape index (κ1) is 17.6. The van der Waals surface area contributed by atoms with Crippen LogP contribution in [0.3, 0.4) is 0 Å². The highest BCUT2D eigenvalue weighted by Gasteiger charge is 2.07. The van der Waals surface area contributed by atoms with Crippen LogP contribution in [0.1, 0.15) is 25.8 Å². The molecule has 3 N–H and O–H groups in total. The van der Waals surface area contributed by atoms with Crippen LogP contribution >= 0.6 is 0 Å². The van der Waals surface area contributed by atoms with E-state index in [9.17, 15) is 9.59 Å². The second-order valence-electron chi connectivity index (χ2n) is 4.82. The molecule has 22 heavy (non-hydrogen) atoms. The zero-order valence-corrected chi connectivity index (χ0v) is 13.1. The van der Waals surface area contributed by atoms with Gasteiger partial charge in [0.05, 0.1) is 7.11 Å². The second kappa shape index (κ2) is 8.71. The summed E-state index contributed by atoms with van der Waals surface area (Å²) < 4.78 is 10.4. The number of benzene rings is 1. The van der Waals surface area contributed by atoms with Gasteiger partial charge in [0, 0.05) is 12.1 Å². The fourth-order valence-electron chi connectivity index (χ4n) is 1.62. The van der Waals surface area contributed by atoms with Gasteiger partial charge in [-0.3, -0.25) is 9.59 Å². The van der Waals surface area contributed by atoms with Gasteiger partial charge in [-0.25, -0.2) is 0 Å². The van der Waals surface area contributed by atoms with Crippen molar-refractivity contribution in [1.82, 2.24) is 5.32 Å². The molecule has 0 aliphatic rings. The van der Waals surface area contributed by atoms with Gasteiger partial charge < -0.3 is 20.5 Å². The average molecular weight is 306 g/mol. The molecule has 1 rings (SSSR count). The van der Waals surface area contributed by atoms with Crippen molar-refractivity contribution in [2.75, 3.05) is 13.7 Å². The van der Waals surface area contributed by atoms with E-state index in [-0.39, 0.29) is 18.6 Å². The molecule has 0 saturated carbocycles. The molecule has 0 spiro atoms. The predicted octanol–water partition coefficient (Wildman–Crippen LogP) is 1.49. The van der Waals surface area contributed by atoms with Gasteiger partial charge in [0.25, 0.3) is 5.91 Å². The summed E-state index contributed by atoms with van der Waals surface area (Å²) in [6.07, 6.45) is 4.02. The van der Waals surface area contributed by atoms with Crippen LogP contribution in [0.25, 0.3) is 6.08 Å². The van der Waals surface area contributed by atoms with Gasteiger partial charge in [0.2, 0.25) is 5.91 Å². The first-order valence-electron chi connectivity index (χ1n) is 7.04. The Morgan fingerprint density at radius 1 is 1.36 bits per heavy atom. The molecule has 0 bridgehead atoms. The molecular formula is C16H22N2O4. The summed E-state index contributed by atoms with van der Waals surface area (Å²) in [7, 11) is 1.50. The Morgan fingerprint density at radius 2 is 2.09 bits per heavy atom. The van der Waals surface area contributed by atoms with E-state index < -0.39 is 5.91 Å². The lowest BCUT2D eigenvalue weighted by Crippen LogP contribution is -2.30. The summed E-state index contributed by atoms with van der Waals surface area (Å²) in [5, 5.41) is 2.84. The minimum absolute atomic E-state index is 0.135. The number of rotatable bonds is 8. The van der Waals surface area contributed by atoms with Gasteiger partial charge in [-0.1, -0.05) is 13.0 Å². The summed E-state index contributed by atoms with van der Waals surface area (Å²) in [6.45, 7) is 3.73. The maximum atomic E-state index is 11.7. The van der Waals surface area contributed by atoms with Gasteiger partial charge >= 0.3 is 0 Å². The van der Waals surface area contributed by atoms with Crippen LogP contribution in [-0.2, 0) is 9.59 Å². The quantitative estimate of drug-likeness (QED) is 0.712. The van der Waals surface area contributed by atoms with E-state index in [1.807, 2.05) is 13.8 Å². The molecule has 0 fully saturated rings. The standard InChI is InChI=1S/C16H22N2O4/c1-4-11(2)18-16(20)8-6-12-5-7-13(14(9-12)21-3)22-10-15(17)19/h5-9,11H,4,10H2,1-3H3,(H2,17,19)(H,18,20)/b8-6+. The molecule has 0 aliphatic heterocycles. The largest absolute Gasteiger partial charge is 0.493 e. The Balaban J connectivity index is 2.76. The van der Waals surface area contributed by atoms with E-state index in [4.69, 9.17) is 15.2 Å². The number of carbonyl (C=O) groups excluding carboxylic acids is 2. The van der Waals surface area contributed by atoms with Crippen molar-refractivity contribution in [3.63, 3.8) is 0 Å². The normalized spacial score (nSPS) is 12.0. The molecule has 0 heterocycles. The highest BCUT2D eigenvalue weighted by molar-refractivity contribution is 5.92. The van der Waals surface area contributed by atoms with Crippen LogP contribution in [0.2, 0.25) is 0 Å². The molecule has 1 aromatic carbocycles. The molecule has 120 valence electrons. The minimum atomic E-state index is -0.562. The summed E-state index contributed by atoms with van der Waals surface area (Å²) in [5.41, 5.74) is 5.81. The Bertz CT molecular complexity index is 555. The van der Waals surface area contributed by atoms with Crippen LogP contribution in [0.15, 0.2) is 24.3 Å². The fourth-order valence-corrected chi connectivity index (χ4v) is 1.62. The van der Waals surface area contributed by atoms with E-state index in [0.717, 1.165) is 12.0 Å². The molecule has 1 atom stereocenters. The predicted molar refractivity (Wildman–Crippen MR) is 84.6 cm³/mol. The Labute approximate surface area is 130 Å². The number of ether oxygens (including phenoxy) is 2. The number of primary amides is 1. The van der Waals surface area contributed by atoms with Gasteiger partial charge in [-0.05, 0) is 37.1 Å². The first-order chi connectivity index (χ1) is 10.5. The van der Waals surface area contributed by atoms with Crippen molar-refractivity contribution in [2.24, 2.45) is 5.73 Å². The molecule has 1 aromatic rings. The Morgan fingerprint density at radius 3 is 2.68 bits per heavy atom. The second-order valence-corrected chi connectivity index (χ2v) is 4.82. The first-order valence-corrected chi connectivity index (χ1v) is 7.04. The third kappa shape index (κ3) is 5.87. The van der Waals surface area contributed by atoms with E-state index in [0.29, 0.717) is 11.5 Å². The van der Waals surface area contributed by atoms with E-state index in [2.05, 4.69) is 5.32 Å². The summed E-state index contributed by atoms with van der Waals surface area (Å²) in [5.74, 6) is 0.170. The Kier molecular flexibility index (Phi) is 6.95. The Hall–Kier alpha value is -2.50. The van der Waals surface area contributed by atoms with Crippen molar-refractivity contribution < 1.29 is 19.1 Å². The number of carbonyl (C=O) groups is 2. The van der Waals surface area contributed by atoms with Crippen LogP contribution in [-0.4, -0.2) is 31.6 Å². The maximum Gasteiger partial charge on any atom is 0.255 e. The molecule has 1 unspecified atom stereocenters. The highest BCUT2D eigenvalue weighted by Crippen LogP contribution is 2.28. The molecular weight excluding hydrogens is 284 g/mol. The number of amides is 2. The molecule has 0 saturated heterocycles. The van der Waals surface area contributed by atoms with E-state index in [1.165, 1.54) is 13.2 Å². The number of hydrogen-bond donors (Lipinski definition) is 2. The number of nitrogens with two attached hydrogens (primary N) is 1. The highest BCUT2D eigenvalue weighted by atomic mass is 16.5. The van der Waals surface area contributed by atoms with Gasteiger partial charge in [0.1, 0.15) is 0 Å². The van der Waals surface area contributed by atoms with Gasteiger partial charge in [0.15, 0.2) is 18.1 Å². The lowest BCUT2D eigenvalue weighted by Gasteiger charge is -2.10. The van der Waals surface area contributed by atoms with Gasteiger partial charge in [-0.2, -0.15) is 0 Å². The molecule has 6 heteroatoms. The summed E-state index contributed by atoms with van der Waals surface area (Å²) in [4.78, 5) is 22.4. The van der Waals surface area contributed by atoms with E-state index >= 15 is 0 Å². The zero-order chi connectivity index (χ0) is 16.5. The molecule has 6 nitrogen and oxygen atoms in total. The molecule has 0 radical (unpaired) electrons. The number of hydrogen-bond acceptors (Lipinski definition) is 4. The maximum absolute atomic E-state index is 11.7. The van der Waals surface area contributed by atoms with Crippen molar-refractivity contribution in [3.8, 4) is 11.5 Å². The smallest absolute Gasteiger partial charge is 0.255 e. The third-order valence-corrected chi connectivity index (χ3v) is 2.99. The average Bonchev–Trinajstić information content (AvgIpc) is 2.50. The topological polar surface area (TPSA) is 90.6 Å². The molecule has 0 aromatic heterocycles. The zero-order valence-electron chi connectivity index (χ0n) is 13.1. The van der Waals surface area contributed by atoms with Crippen molar-refractivity contribution >= 4 is 17.9 Å². The third-order valence-electron chi connectivity index (χ3n) is 2.99. The lowest BCUT2D eigenvalue weighted by atomic mass is 10.2.